The second-order valence-corrected chi connectivity index (χ2v) is 4.03. The fourth-order valence-electron chi connectivity index (χ4n) is 1.48. The first-order valence-electron chi connectivity index (χ1n) is 5.18. The van der Waals surface area contributed by atoms with Crippen LogP contribution in [0, 0.1) is 24.5 Å². The fraction of sp³-hybridized carbons (Fsp3) is 0.500. The Kier molecular flexibility index (Phi) is 3.80. The molecule has 1 aromatic rings. The predicted molar refractivity (Wildman–Crippen MR) is 57.5 cm³/mol. The maximum atomic E-state index is 13.5. The van der Waals surface area contributed by atoms with E-state index >= 15 is 0 Å². The highest BCUT2D eigenvalue weighted by molar-refractivity contribution is 5.27. The van der Waals surface area contributed by atoms with Crippen LogP contribution < -0.4 is 5.73 Å². The Bertz CT molecular complexity index is 350. The molecule has 0 spiro atoms. The summed E-state index contributed by atoms with van der Waals surface area (Å²) in [6, 6.07) is 1.97. The van der Waals surface area contributed by atoms with Crippen molar-refractivity contribution in [3.8, 4) is 0 Å². The second-order valence-electron chi connectivity index (χ2n) is 4.03. The van der Waals surface area contributed by atoms with Crippen molar-refractivity contribution in [2.24, 2.45) is 11.7 Å². The molecule has 0 aliphatic rings. The Balaban J connectivity index is 3.09. The molecule has 0 radical (unpaired) electrons. The molecule has 3 heteroatoms. The van der Waals surface area contributed by atoms with E-state index in [0.29, 0.717) is 5.56 Å². The molecule has 2 unspecified atom stereocenters. The molecular weight excluding hydrogens is 196 g/mol. The minimum Gasteiger partial charge on any atom is -0.324 e. The molecule has 0 saturated carbocycles. The largest absolute Gasteiger partial charge is 0.324 e. The lowest BCUT2D eigenvalue weighted by atomic mass is 9.92. The van der Waals surface area contributed by atoms with Crippen molar-refractivity contribution in [3.63, 3.8) is 0 Å². The van der Waals surface area contributed by atoms with Crippen LogP contribution in [0.15, 0.2) is 12.1 Å². The number of halogens is 2. The first kappa shape index (κ1) is 12.1. The number of rotatable bonds is 3. The minimum absolute atomic E-state index is 0.140. The predicted octanol–water partition coefficient (Wildman–Crippen LogP) is 3.32. The summed E-state index contributed by atoms with van der Waals surface area (Å²) in [5.74, 6) is -0.673. The van der Waals surface area contributed by atoms with Gasteiger partial charge in [-0.3, -0.25) is 0 Å². The van der Waals surface area contributed by atoms with Crippen LogP contribution >= 0.6 is 0 Å². The molecule has 2 N–H and O–H groups in total. The first-order valence-corrected chi connectivity index (χ1v) is 5.18. The summed E-state index contributed by atoms with van der Waals surface area (Å²) < 4.78 is 26.8. The molecule has 1 nitrogen and oxygen atoms in total. The summed E-state index contributed by atoms with van der Waals surface area (Å²) in [4.78, 5) is 0. The van der Waals surface area contributed by atoms with E-state index in [9.17, 15) is 8.78 Å². The lowest BCUT2D eigenvalue weighted by Gasteiger charge is -2.19. The molecule has 0 aromatic heterocycles. The van der Waals surface area contributed by atoms with Crippen LogP contribution in [0.3, 0.4) is 0 Å². The van der Waals surface area contributed by atoms with Gasteiger partial charge in [0.25, 0.3) is 0 Å². The molecule has 84 valence electrons. The zero-order chi connectivity index (χ0) is 11.6. The van der Waals surface area contributed by atoms with Crippen LogP contribution in [-0.2, 0) is 0 Å². The molecule has 15 heavy (non-hydrogen) atoms. The molecule has 0 amide bonds. The Labute approximate surface area is 89.3 Å². The van der Waals surface area contributed by atoms with Crippen LogP contribution in [0.2, 0.25) is 0 Å². The van der Waals surface area contributed by atoms with E-state index in [2.05, 4.69) is 0 Å². The van der Waals surface area contributed by atoms with E-state index in [-0.39, 0.29) is 11.5 Å². The van der Waals surface area contributed by atoms with Gasteiger partial charge in [-0.15, -0.1) is 0 Å². The van der Waals surface area contributed by atoms with Crippen LogP contribution in [-0.4, -0.2) is 0 Å². The molecule has 0 fully saturated rings. The van der Waals surface area contributed by atoms with Crippen LogP contribution in [0.4, 0.5) is 8.78 Å². The van der Waals surface area contributed by atoms with Gasteiger partial charge in [0.05, 0.1) is 0 Å². The summed E-state index contributed by atoms with van der Waals surface area (Å²) >= 11 is 0. The highest BCUT2D eigenvalue weighted by atomic mass is 19.1. The average molecular weight is 213 g/mol. The number of hydrogen-bond donors (Lipinski definition) is 1. The number of hydrogen-bond acceptors (Lipinski definition) is 1. The quantitative estimate of drug-likeness (QED) is 0.819. The zero-order valence-corrected chi connectivity index (χ0v) is 9.35. The van der Waals surface area contributed by atoms with E-state index in [1.165, 1.54) is 19.1 Å². The van der Waals surface area contributed by atoms with Gasteiger partial charge >= 0.3 is 0 Å². The molecule has 0 heterocycles. The Hall–Kier alpha value is -0.960. The van der Waals surface area contributed by atoms with Crippen molar-refractivity contribution in [1.82, 2.24) is 0 Å². The van der Waals surface area contributed by atoms with Crippen molar-refractivity contribution < 1.29 is 8.78 Å². The van der Waals surface area contributed by atoms with E-state index in [1.807, 2.05) is 13.8 Å². The molecule has 1 rings (SSSR count). The molecule has 0 bridgehead atoms. The third-order valence-corrected chi connectivity index (χ3v) is 2.89. The standard InChI is InChI=1S/C12H17F2N/c1-4-7(2)12(15)9-6-10(13)8(3)5-11(9)14/h5-7,12H,4,15H2,1-3H3. The monoisotopic (exact) mass is 213 g/mol. The van der Waals surface area contributed by atoms with Crippen molar-refractivity contribution in [3.05, 3.63) is 34.9 Å². The smallest absolute Gasteiger partial charge is 0.128 e. The van der Waals surface area contributed by atoms with E-state index in [0.717, 1.165) is 6.42 Å². The summed E-state index contributed by atoms with van der Waals surface area (Å²) in [5, 5.41) is 0. The third kappa shape index (κ3) is 2.53. The normalized spacial score (nSPS) is 15.1. The molecule has 0 aliphatic heterocycles. The number of nitrogens with two attached hydrogens (primary N) is 1. The van der Waals surface area contributed by atoms with Gasteiger partial charge in [0, 0.05) is 11.6 Å². The lowest BCUT2D eigenvalue weighted by molar-refractivity contribution is 0.436. The van der Waals surface area contributed by atoms with Crippen molar-refractivity contribution in [1.29, 1.82) is 0 Å². The first-order chi connectivity index (χ1) is 6.97. The van der Waals surface area contributed by atoms with E-state index in [4.69, 9.17) is 5.73 Å². The van der Waals surface area contributed by atoms with Crippen LogP contribution in [0.1, 0.15) is 37.4 Å². The van der Waals surface area contributed by atoms with Gasteiger partial charge in [0.15, 0.2) is 0 Å². The molecule has 0 aliphatic carbocycles. The van der Waals surface area contributed by atoms with Crippen LogP contribution in [0.5, 0.6) is 0 Å². The highest BCUT2D eigenvalue weighted by Gasteiger charge is 2.18. The average Bonchev–Trinajstić information content (AvgIpc) is 2.21. The highest BCUT2D eigenvalue weighted by Crippen LogP contribution is 2.25. The second kappa shape index (κ2) is 4.71. The van der Waals surface area contributed by atoms with Gasteiger partial charge in [-0.2, -0.15) is 0 Å². The number of benzene rings is 1. The molecule has 2 atom stereocenters. The van der Waals surface area contributed by atoms with E-state index in [1.54, 1.807) is 0 Å². The van der Waals surface area contributed by atoms with Gasteiger partial charge in [-0.1, -0.05) is 20.3 Å². The Morgan fingerprint density at radius 2 is 1.87 bits per heavy atom. The van der Waals surface area contributed by atoms with E-state index < -0.39 is 17.7 Å². The van der Waals surface area contributed by atoms with Gasteiger partial charge in [0.1, 0.15) is 11.6 Å². The zero-order valence-electron chi connectivity index (χ0n) is 9.35. The Morgan fingerprint density at radius 1 is 1.27 bits per heavy atom. The van der Waals surface area contributed by atoms with Crippen molar-refractivity contribution in [2.45, 2.75) is 33.2 Å². The maximum Gasteiger partial charge on any atom is 0.128 e. The third-order valence-electron chi connectivity index (χ3n) is 2.89. The van der Waals surface area contributed by atoms with Crippen molar-refractivity contribution in [2.75, 3.05) is 0 Å². The van der Waals surface area contributed by atoms with Crippen molar-refractivity contribution >= 4 is 0 Å². The Morgan fingerprint density at radius 3 is 2.40 bits per heavy atom. The van der Waals surface area contributed by atoms with Gasteiger partial charge in [-0.25, -0.2) is 8.78 Å². The summed E-state index contributed by atoms with van der Waals surface area (Å²) in [7, 11) is 0. The lowest BCUT2D eigenvalue weighted by Crippen LogP contribution is -2.20. The SMILES string of the molecule is CCC(C)C(N)c1cc(F)c(C)cc1F. The minimum atomic E-state index is -0.440. The number of aryl methyl sites for hydroxylation is 1. The summed E-state index contributed by atoms with van der Waals surface area (Å²) in [5.41, 5.74) is 6.45. The maximum absolute atomic E-state index is 13.5. The fourth-order valence-corrected chi connectivity index (χ4v) is 1.48. The van der Waals surface area contributed by atoms with Crippen LogP contribution in [0.25, 0.3) is 0 Å². The van der Waals surface area contributed by atoms with Gasteiger partial charge in [0.2, 0.25) is 0 Å². The molecule has 0 saturated heterocycles. The topological polar surface area (TPSA) is 26.0 Å². The van der Waals surface area contributed by atoms with Gasteiger partial charge in [-0.05, 0) is 30.5 Å². The summed E-state index contributed by atoms with van der Waals surface area (Å²) in [6.45, 7) is 5.45. The molecule has 1 aromatic carbocycles. The summed E-state index contributed by atoms with van der Waals surface area (Å²) in [6.07, 6.45) is 0.843. The molecular formula is C12H17F2N. The van der Waals surface area contributed by atoms with Gasteiger partial charge < -0.3 is 5.73 Å².